The van der Waals surface area contributed by atoms with E-state index in [1.165, 1.54) is 6.07 Å². The molecule has 192 valence electrons. The van der Waals surface area contributed by atoms with Crippen LogP contribution in [0.2, 0.25) is 5.02 Å². The molecule has 0 amide bonds. The van der Waals surface area contributed by atoms with Crippen molar-refractivity contribution in [3.8, 4) is 11.1 Å². The first-order valence-electron chi connectivity index (χ1n) is 12.7. The molecule has 0 bridgehead atoms. The maximum atomic E-state index is 14.9. The van der Waals surface area contributed by atoms with Gasteiger partial charge in [-0.05, 0) is 85.4 Å². The number of hydrogen-bond donors (Lipinski definition) is 1. The number of rotatable bonds is 8. The lowest BCUT2D eigenvalue weighted by atomic mass is 9.74. The summed E-state index contributed by atoms with van der Waals surface area (Å²) in [5.41, 5.74) is 0.471. The van der Waals surface area contributed by atoms with Crippen LogP contribution >= 0.6 is 11.6 Å². The van der Waals surface area contributed by atoms with Gasteiger partial charge in [-0.1, -0.05) is 51.4 Å². The molecule has 36 heavy (non-hydrogen) atoms. The first-order chi connectivity index (χ1) is 17.1. The Bertz CT molecular complexity index is 1220. The summed E-state index contributed by atoms with van der Waals surface area (Å²) in [6, 6.07) is 10.0. The van der Waals surface area contributed by atoms with Crippen LogP contribution in [-0.2, 0) is 14.3 Å². The highest BCUT2D eigenvalue weighted by Gasteiger charge is 2.55. The molecule has 1 aliphatic heterocycles. The van der Waals surface area contributed by atoms with Crippen molar-refractivity contribution in [2.45, 2.75) is 83.3 Å². The van der Waals surface area contributed by atoms with E-state index in [0.717, 1.165) is 18.4 Å². The average molecular weight is 515 g/mol. The Labute approximate surface area is 216 Å². The molecule has 0 spiro atoms. The molecule has 0 atom stereocenters. The van der Waals surface area contributed by atoms with Gasteiger partial charge in [0, 0.05) is 10.6 Å². The summed E-state index contributed by atoms with van der Waals surface area (Å²) in [4.78, 5) is 26.1. The van der Waals surface area contributed by atoms with Gasteiger partial charge in [0.25, 0.3) is 0 Å². The highest BCUT2D eigenvalue weighted by molar-refractivity contribution is 6.30. The topological polar surface area (TPSA) is 72.8 Å². The molecule has 2 aliphatic rings. The van der Waals surface area contributed by atoms with Crippen LogP contribution in [0.1, 0.15) is 83.3 Å². The van der Waals surface area contributed by atoms with Crippen LogP contribution < -0.4 is 0 Å². The second kappa shape index (κ2) is 9.98. The van der Waals surface area contributed by atoms with Crippen molar-refractivity contribution < 1.29 is 28.6 Å². The Hall–Kier alpha value is -2.70. The number of halogens is 2. The van der Waals surface area contributed by atoms with E-state index in [2.05, 4.69) is 0 Å². The maximum Gasteiger partial charge on any atom is 0.511 e. The van der Waals surface area contributed by atoms with E-state index >= 15 is 0 Å². The first kappa shape index (κ1) is 26.4. The van der Waals surface area contributed by atoms with Gasteiger partial charge in [-0.25, -0.2) is 9.18 Å². The molecular formula is C29H32ClFO5. The fourth-order valence-corrected chi connectivity index (χ4v) is 5.51. The second-order valence-corrected chi connectivity index (χ2v) is 10.0. The third-order valence-corrected chi connectivity index (χ3v) is 7.96. The highest BCUT2D eigenvalue weighted by Crippen LogP contribution is 2.51. The van der Waals surface area contributed by atoms with Crippen molar-refractivity contribution >= 4 is 29.1 Å². The molecule has 1 saturated carbocycles. The normalized spacial score (nSPS) is 18.9. The standard InChI is InChI=1S/C29H32ClFO5/c1-5-28(6-2)25(32)24(26(35-27(33)34)29(7-3,8-4)36-28)22-15-18(11-13-20(22)17-9-10-17)21-14-12-19(30)16-23(21)31/h11-17H,5-10H2,1-4H3,(H,33,34). The lowest BCUT2D eigenvalue weighted by Gasteiger charge is -2.47. The molecule has 1 heterocycles. The predicted octanol–water partition coefficient (Wildman–Crippen LogP) is 8.15. The molecule has 0 radical (unpaired) electrons. The molecular weight excluding hydrogens is 483 g/mol. The molecule has 4 rings (SSSR count). The van der Waals surface area contributed by atoms with Gasteiger partial charge < -0.3 is 14.6 Å². The second-order valence-electron chi connectivity index (χ2n) is 9.61. The fraction of sp³-hybridized carbons (Fsp3) is 0.448. The van der Waals surface area contributed by atoms with E-state index in [1.54, 1.807) is 18.2 Å². The summed E-state index contributed by atoms with van der Waals surface area (Å²) in [7, 11) is 0. The zero-order valence-corrected chi connectivity index (χ0v) is 21.9. The zero-order chi connectivity index (χ0) is 26.3. The van der Waals surface area contributed by atoms with Crippen molar-refractivity contribution in [2.24, 2.45) is 0 Å². The molecule has 1 fully saturated rings. The number of carbonyl (C=O) groups excluding carboxylic acids is 1. The number of ketones is 1. The molecule has 1 aliphatic carbocycles. The lowest BCUT2D eigenvalue weighted by molar-refractivity contribution is -0.179. The number of benzene rings is 2. The van der Waals surface area contributed by atoms with Gasteiger partial charge in [-0.3, -0.25) is 4.79 Å². The number of hydrogen-bond acceptors (Lipinski definition) is 4. The molecule has 2 aromatic rings. The lowest BCUT2D eigenvalue weighted by Crippen LogP contribution is -2.55. The smallest absolute Gasteiger partial charge is 0.449 e. The van der Waals surface area contributed by atoms with Crippen LogP contribution in [0.25, 0.3) is 16.7 Å². The molecule has 0 unspecified atom stereocenters. The summed E-state index contributed by atoms with van der Waals surface area (Å²) in [5, 5.41) is 9.97. The molecule has 1 N–H and O–H groups in total. The van der Waals surface area contributed by atoms with Gasteiger partial charge in [0.05, 0.1) is 5.57 Å². The van der Waals surface area contributed by atoms with Crippen LogP contribution in [0.15, 0.2) is 42.2 Å². The Morgan fingerprint density at radius 2 is 1.67 bits per heavy atom. The largest absolute Gasteiger partial charge is 0.511 e. The number of Topliss-reactive ketones (excluding diaryl/α,β-unsaturated/α-hetero) is 1. The minimum absolute atomic E-state index is 0.0261. The zero-order valence-electron chi connectivity index (χ0n) is 21.1. The van der Waals surface area contributed by atoms with Gasteiger partial charge in [0.2, 0.25) is 0 Å². The monoisotopic (exact) mass is 514 g/mol. The van der Waals surface area contributed by atoms with Crippen molar-refractivity contribution in [3.05, 3.63) is 64.1 Å². The van der Waals surface area contributed by atoms with E-state index in [0.29, 0.717) is 42.4 Å². The highest BCUT2D eigenvalue weighted by atomic mass is 35.5. The Morgan fingerprint density at radius 1 is 1.03 bits per heavy atom. The summed E-state index contributed by atoms with van der Waals surface area (Å²) >= 11 is 5.97. The van der Waals surface area contributed by atoms with Crippen molar-refractivity contribution in [2.75, 3.05) is 0 Å². The minimum atomic E-state index is -1.50. The third-order valence-electron chi connectivity index (χ3n) is 7.73. The fourth-order valence-electron chi connectivity index (χ4n) is 5.35. The van der Waals surface area contributed by atoms with Crippen molar-refractivity contribution in [1.82, 2.24) is 0 Å². The van der Waals surface area contributed by atoms with E-state index < -0.39 is 23.2 Å². The van der Waals surface area contributed by atoms with Crippen molar-refractivity contribution in [1.29, 1.82) is 0 Å². The molecule has 7 heteroatoms. The van der Waals surface area contributed by atoms with Crippen LogP contribution in [0, 0.1) is 5.82 Å². The molecule has 5 nitrogen and oxygen atoms in total. The van der Waals surface area contributed by atoms with Gasteiger partial charge in [-0.2, -0.15) is 0 Å². The SMILES string of the molecule is CCC1(CC)OC(CC)(CC)C(OC(=O)O)=C(c2cc(-c3ccc(Cl)cc3F)ccc2C2CC2)C1=O. The molecule has 2 aromatic carbocycles. The van der Waals surface area contributed by atoms with Crippen LogP contribution in [-0.4, -0.2) is 28.2 Å². The number of carbonyl (C=O) groups is 2. The quantitative estimate of drug-likeness (QED) is 0.360. The molecule has 0 aromatic heterocycles. The van der Waals surface area contributed by atoms with Gasteiger partial charge in [-0.15, -0.1) is 0 Å². The molecule has 0 saturated heterocycles. The van der Waals surface area contributed by atoms with Gasteiger partial charge in [0.1, 0.15) is 17.0 Å². The van der Waals surface area contributed by atoms with Crippen LogP contribution in [0.5, 0.6) is 0 Å². The van der Waals surface area contributed by atoms with Crippen LogP contribution in [0.3, 0.4) is 0 Å². The maximum absolute atomic E-state index is 14.9. The Morgan fingerprint density at radius 3 is 2.19 bits per heavy atom. The minimum Gasteiger partial charge on any atom is -0.449 e. The summed E-state index contributed by atoms with van der Waals surface area (Å²) < 4.78 is 26.8. The third kappa shape index (κ3) is 4.46. The summed E-state index contributed by atoms with van der Waals surface area (Å²) in [5.74, 6) is -0.501. The first-order valence-corrected chi connectivity index (χ1v) is 13.0. The number of ether oxygens (including phenoxy) is 2. The van der Waals surface area contributed by atoms with Gasteiger partial charge in [0.15, 0.2) is 11.5 Å². The van der Waals surface area contributed by atoms with Gasteiger partial charge >= 0.3 is 6.16 Å². The average Bonchev–Trinajstić information content (AvgIpc) is 3.70. The van der Waals surface area contributed by atoms with E-state index in [9.17, 15) is 19.1 Å². The summed E-state index contributed by atoms with van der Waals surface area (Å²) in [6.45, 7) is 7.61. The van der Waals surface area contributed by atoms with E-state index in [-0.39, 0.29) is 28.1 Å². The Kier molecular flexibility index (Phi) is 7.31. The van der Waals surface area contributed by atoms with E-state index in [4.69, 9.17) is 21.1 Å². The predicted molar refractivity (Wildman–Crippen MR) is 138 cm³/mol. The Balaban J connectivity index is 2.06. The van der Waals surface area contributed by atoms with Crippen molar-refractivity contribution in [3.63, 3.8) is 0 Å². The summed E-state index contributed by atoms with van der Waals surface area (Å²) in [6.07, 6.45) is 2.14. The van der Waals surface area contributed by atoms with Crippen LogP contribution in [0.4, 0.5) is 9.18 Å². The van der Waals surface area contributed by atoms with E-state index in [1.807, 2.05) is 39.8 Å². The number of carboxylic acid groups (broad SMARTS) is 1.